The molecule has 5 nitrogen and oxygen atoms in total. The molecular weight excluding hydrogens is 262 g/mol. The van der Waals surface area contributed by atoms with Gasteiger partial charge in [0.1, 0.15) is 5.82 Å². The molecule has 1 aromatic carbocycles. The van der Waals surface area contributed by atoms with Gasteiger partial charge in [-0.15, -0.1) is 0 Å². The Labute approximate surface area is 122 Å². The van der Waals surface area contributed by atoms with Crippen LogP contribution < -0.4 is 5.32 Å². The van der Waals surface area contributed by atoms with Crippen LogP contribution in [0.15, 0.2) is 36.7 Å². The maximum absolute atomic E-state index is 4.72. The van der Waals surface area contributed by atoms with Crippen LogP contribution in [0.1, 0.15) is 24.5 Å². The average molecular weight is 277 g/mol. The fourth-order valence-corrected chi connectivity index (χ4v) is 2.41. The van der Waals surface area contributed by atoms with Crippen LogP contribution >= 0.6 is 0 Å². The number of benzene rings is 1. The van der Waals surface area contributed by atoms with Crippen molar-refractivity contribution < 1.29 is 0 Å². The highest BCUT2D eigenvalue weighted by molar-refractivity contribution is 5.79. The zero-order chi connectivity index (χ0) is 14.2. The van der Waals surface area contributed by atoms with Crippen LogP contribution in [0.3, 0.4) is 0 Å². The quantitative estimate of drug-likeness (QED) is 0.797. The number of fused-ring (bicyclic) bond motifs is 1. The number of rotatable bonds is 3. The van der Waals surface area contributed by atoms with Crippen molar-refractivity contribution in [2.75, 3.05) is 12.4 Å². The first-order valence-corrected chi connectivity index (χ1v) is 7.11. The Morgan fingerprint density at radius 3 is 2.57 bits per heavy atom. The molecule has 0 bridgehead atoms. The fraction of sp³-hybridized carbons (Fsp3) is 0.250. The summed E-state index contributed by atoms with van der Waals surface area (Å²) in [5, 5.41) is 3.12. The van der Waals surface area contributed by atoms with Crippen molar-refractivity contribution in [3.63, 3.8) is 0 Å². The second-order valence-corrected chi connectivity index (χ2v) is 5.29. The van der Waals surface area contributed by atoms with Gasteiger partial charge in [-0.3, -0.25) is 9.97 Å². The molecule has 0 amide bonds. The summed E-state index contributed by atoms with van der Waals surface area (Å²) in [5.74, 6) is 2.21. The third-order valence-electron chi connectivity index (χ3n) is 3.73. The van der Waals surface area contributed by atoms with Crippen molar-refractivity contribution in [3.05, 3.63) is 42.4 Å². The topological polar surface area (TPSA) is 63.6 Å². The van der Waals surface area contributed by atoms with Crippen LogP contribution in [0.5, 0.6) is 0 Å². The molecule has 1 aliphatic carbocycles. The number of nitrogens with one attached hydrogen (secondary N) is 1. The molecule has 1 N–H and O–H groups in total. The average Bonchev–Trinajstić information content (AvgIpc) is 3.39. The van der Waals surface area contributed by atoms with Crippen molar-refractivity contribution in [1.29, 1.82) is 0 Å². The van der Waals surface area contributed by atoms with Gasteiger partial charge in [-0.25, -0.2) is 9.97 Å². The van der Waals surface area contributed by atoms with Crippen molar-refractivity contribution in [3.8, 4) is 11.4 Å². The molecule has 0 unspecified atom stereocenters. The zero-order valence-corrected chi connectivity index (χ0v) is 11.7. The molecule has 0 aliphatic heterocycles. The third kappa shape index (κ3) is 2.31. The predicted octanol–water partition coefficient (Wildman–Crippen LogP) is 3.01. The van der Waals surface area contributed by atoms with E-state index in [1.807, 2.05) is 31.3 Å². The highest BCUT2D eigenvalue weighted by Gasteiger charge is 2.26. The Kier molecular flexibility index (Phi) is 2.77. The molecule has 0 radical (unpaired) electrons. The summed E-state index contributed by atoms with van der Waals surface area (Å²) < 4.78 is 0. The van der Waals surface area contributed by atoms with Crippen LogP contribution in [0, 0.1) is 0 Å². The molecule has 2 aromatic heterocycles. The molecular formula is C16H15N5. The van der Waals surface area contributed by atoms with Gasteiger partial charge in [0.15, 0.2) is 5.82 Å². The molecule has 5 heteroatoms. The Balaban J connectivity index is 1.84. The summed E-state index contributed by atoms with van der Waals surface area (Å²) in [4.78, 5) is 17.9. The van der Waals surface area contributed by atoms with E-state index in [9.17, 15) is 0 Å². The molecule has 1 saturated carbocycles. The first-order chi connectivity index (χ1) is 10.3. The minimum Gasteiger partial charge on any atom is -0.373 e. The maximum Gasteiger partial charge on any atom is 0.161 e. The lowest BCUT2D eigenvalue weighted by atomic mass is 10.1. The van der Waals surface area contributed by atoms with Crippen LogP contribution in [0.25, 0.3) is 22.4 Å². The van der Waals surface area contributed by atoms with E-state index in [0.29, 0.717) is 5.92 Å². The minimum atomic E-state index is 0.596. The monoisotopic (exact) mass is 277 g/mol. The largest absolute Gasteiger partial charge is 0.373 e. The summed E-state index contributed by atoms with van der Waals surface area (Å²) in [6.07, 6.45) is 5.85. The Hall–Kier alpha value is -2.56. The van der Waals surface area contributed by atoms with E-state index in [1.165, 1.54) is 12.8 Å². The first kappa shape index (κ1) is 12.2. The van der Waals surface area contributed by atoms with Gasteiger partial charge in [0.25, 0.3) is 0 Å². The normalized spacial score (nSPS) is 14.3. The molecule has 1 aliphatic rings. The summed E-state index contributed by atoms with van der Waals surface area (Å²) in [7, 11) is 1.88. The number of aromatic nitrogens is 4. The van der Waals surface area contributed by atoms with Gasteiger partial charge < -0.3 is 5.32 Å². The number of anilines is 1. The van der Waals surface area contributed by atoms with Gasteiger partial charge >= 0.3 is 0 Å². The molecule has 1 fully saturated rings. The smallest absolute Gasteiger partial charge is 0.161 e. The Morgan fingerprint density at radius 2 is 1.81 bits per heavy atom. The fourth-order valence-electron chi connectivity index (χ4n) is 2.41. The summed E-state index contributed by atoms with van der Waals surface area (Å²) >= 11 is 0. The van der Waals surface area contributed by atoms with Gasteiger partial charge in [0, 0.05) is 42.7 Å². The van der Waals surface area contributed by atoms with E-state index in [0.717, 1.165) is 33.9 Å². The van der Waals surface area contributed by atoms with Crippen molar-refractivity contribution in [2.24, 2.45) is 0 Å². The van der Waals surface area contributed by atoms with Gasteiger partial charge in [0.2, 0.25) is 0 Å². The molecule has 0 atom stereocenters. The maximum atomic E-state index is 4.72. The van der Waals surface area contributed by atoms with Crippen LogP contribution in [-0.4, -0.2) is 27.0 Å². The summed E-state index contributed by atoms with van der Waals surface area (Å²) in [6.45, 7) is 0. The van der Waals surface area contributed by atoms with E-state index in [2.05, 4.69) is 20.3 Å². The van der Waals surface area contributed by atoms with Crippen LogP contribution in [0.2, 0.25) is 0 Å². The van der Waals surface area contributed by atoms with E-state index in [1.54, 1.807) is 12.4 Å². The lowest BCUT2D eigenvalue weighted by Gasteiger charge is -2.08. The standard InChI is InChI=1S/C16H15N5/c1-17-15-9-13(10-2-3-10)20-16(21-15)11-4-5-12-14(8-11)19-7-6-18-12/h4-10H,2-3H2,1H3,(H,17,20,21). The van der Waals surface area contributed by atoms with Crippen molar-refractivity contribution >= 4 is 16.9 Å². The van der Waals surface area contributed by atoms with E-state index in [4.69, 9.17) is 4.98 Å². The third-order valence-corrected chi connectivity index (χ3v) is 3.73. The second kappa shape index (κ2) is 4.77. The molecule has 0 spiro atoms. The van der Waals surface area contributed by atoms with Gasteiger partial charge in [-0.1, -0.05) is 0 Å². The highest BCUT2D eigenvalue weighted by atomic mass is 15.0. The molecule has 21 heavy (non-hydrogen) atoms. The SMILES string of the molecule is CNc1cc(C2CC2)nc(-c2ccc3nccnc3c2)n1. The molecule has 104 valence electrons. The number of hydrogen-bond acceptors (Lipinski definition) is 5. The summed E-state index contributed by atoms with van der Waals surface area (Å²) in [5.41, 5.74) is 3.85. The molecule has 2 heterocycles. The molecule has 3 aromatic rings. The van der Waals surface area contributed by atoms with Gasteiger partial charge in [-0.05, 0) is 31.0 Å². The highest BCUT2D eigenvalue weighted by Crippen LogP contribution is 2.40. The Bertz CT molecular complexity index is 811. The van der Waals surface area contributed by atoms with Gasteiger partial charge in [0.05, 0.1) is 11.0 Å². The van der Waals surface area contributed by atoms with Crippen molar-refractivity contribution in [1.82, 2.24) is 19.9 Å². The first-order valence-electron chi connectivity index (χ1n) is 7.11. The van der Waals surface area contributed by atoms with Crippen molar-refractivity contribution in [2.45, 2.75) is 18.8 Å². The number of nitrogens with zero attached hydrogens (tertiary/aromatic N) is 4. The predicted molar refractivity (Wildman–Crippen MR) is 82.1 cm³/mol. The number of hydrogen-bond donors (Lipinski definition) is 1. The van der Waals surface area contributed by atoms with Crippen LogP contribution in [0.4, 0.5) is 5.82 Å². The van der Waals surface area contributed by atoms with E-state index >= 15 is 0 Å². The van der Waals surface area contributed by atoms with E-state index < -0.39 is 0 Å². The minimum absolute atomic E-state index is 0.596. The van der Waals surface area contributed by atoms with Crippen LogP contribution in [-0.2, 0) is 0 Å². The lowest BCUT2D eigenvalue weighted by Crippen LogP contribution is -2.00. The summed E-state index contributed by atoms with van der Waals surface area (Å²) in [6, 6.07) is 8.00. The van der Waals surface area contributed by atoms with Gasteiger partial charge in [-0.2, -0.15) is 0 Å². The second-order valence-electron chi connectivity index (χ2n) is 5.29. The van der Waals surface area contributed by atoms with E-state index in [-0.39, 0.29) is 0 Å². The zero-order valence-electron chi connectivity index (χ0n) is 11.7. The molecule has 4 rings (SSSR count). The lowest BCUT2D eigenvalue weighted by molar-refractivity contribution is 0.995. The molecule has 0 saturated heterocycles. The Morgan fingerprint density at radius 1 is 1.00 bits per heavy atom.